The number of hydrogen-bond acceptors (Lipinski definition) is 4. The van der Waals surface area contributed by atoms with Crippen LogP contribution in [0.25, 0.3) is 0 Å². The van der Waals surface area contributed by atoms with Gasteiger partial charge in [0.2, 0.25) is 0 Å². The van der Waals surface area contributed by atoms with Crippen molar-refractivity contribution in [3.63, 3.8) is 0 Å². The molecule has 5 aliphatic rings. The molecule has 0 radical (unpaired) electrons. The van der Waals surface area contributed by atoms with Gasteiger partial charge in [0.05, 0.1) is 0 Å². The quantitative estimate of drug-likeness (QED) is 0.128. The molecule has 370 valence electrons. The van der Waals surface area contributed by atoms with Gasteiger partial charge in [-0.25, -0.2) is 18.1 Å². The van der Waals surface area contributed by atoms with E-state index in [-0.39, 0.29) is 31.9 Å². The van der Waals surface area contributed by atoms with Gasteiger partial charge in [-0.3, -0.25) is 0 Å². The molecule has 0 aromatic carbocycles. The molecule has 0 bridgehead atoms. The third kappa shape index (κ3) is 20.9. The van der Waals surface area contributed by atoms with Crippen molar-refractivity contribution < 1.29 is 39.2 Å². The van der Waals surface area contributed by atoms with Gasteiger partial charge in [-0.2, -0.15) is 10.8 Å². The van der Waals surface area contributed by atoms with Gasteiger partial charge in [-0.15, -0.1) is 0 Å². The summed E-state index contributed by atoms with van der Waals surface area (Å²) in [5.41, 5.74) is 1.41. The average molecular weight is 1090 g/mol. The van der Waals surface area contributed by atoms with Crippen molar-refractivity contribution in [1.82, 2.24) is 0 Å². The van der Waals surface area contributed by atoms with E-state index in [2.05, 4.69) is 138 Å². The zero-order valence-electron chi connectivity index (χ0n) is 44.4. The summed E-state index contributed by atoms with van der Waals surface area (Å²) < 4.78 is 30.7. The molecule has 0 amide bonds. The van der Waals surface area contributed by atoms with E-state index >= 15 is 0 Å². The molecule has 5 rings (SSSR count). The summed E-state index contributed by atoms with van der Waals surface area (Å²) >= 11 is 0. The van der Waals surface area contributed by atoms with Crippen LogP contribution in [0, 0.1) is 95.7 Å². The molecular weight excluding hydrogens is 982 g/mol. The largest absolute Gasteiger partial charge is 2.00 e. The van der Waals surface area contributed by atoms with E-state index < -0.39 is 16.8 Å². The predicted octanol–water partition coefficient (Wildman–Crippen LogP) is 17.6. The molecule has 5 aliphatic carbocycles. The van der Waals surface area contributed by atoms with E-state index in [0.717, 1.165) is 23.7 Å². The summed E-state index contributed by atoms with van der Waals surface area (Å²) in [6.07, 6.45) is 20.4. The van der Waals surface area contributed by atoms with Gasteiger partial charge in [0.25, 0.3) is 16.8 Å². The van der Waals surface area contributed by atoms with Crippen LogP contribution in [0.15, 0.2) is 0 Å². The zero-order chi connectivity index (χ0) is 46.0. The number of hydrogen-bond donors (Lipinski definition) is 0. The second kappa shape index (κ2) is 27.5. The maximum atomic E-state index is 7.68. The fraction of sp³-hybridized carbons (Fsp3) is 0.964. The van der Waals surface area contributed by atoms with Crippen molar-refractivity contribution in [3.05, 3.63) is 13.8 Å². The topological polar surface area (TPSA) is 36.9 Å². The summed E-state index contributed by atoms with van der Waals surface area (Å²) in [4.78, 5) is 0. The van der Waals surface area contributed by atoms with Crippen LogP contribution >= 0.6 is 16.8 Å². The van der Waals surface area contributed by atoms with Crippen molar-refractivity contribution in [2.45, 2.75) is 257 Å². The SMILES string of the molecule is CC1CCC(C(C)C)C(O[PH+](OC2CC(C)CCC2C(C)C)C2CCCC2[PH+](OC2CC(C)CCC2C(C)C)OC2CC(C)CCC2C(C)C)C1.[CH2-]C(C)(C)C.[CH2-]C(C)(C)C.[Pt+2]. The zero-order valence-corrected chi connectivity index (χ0v) is 48.6. The second-order valence-electron chi connectivity index (χ2n) is 25.8. The molecule has 0 saturated heterocycles. The van der Waals surface area contributed by atoms with Crippen LogP contribution in [-0.4, -0.2) is 35.7 Å². The summed E-state index contributed by atoms with van der Waals surface area (Å²) in [6.45, 7) is 49.4. The van der Waals surface area contributed by atoms with Crippen LogP contribution in [0.4, 0.5) is 0 Å². The molecule has 0 N–H and O–H groups in total. The minimum atomic E-state index is -1.58. The Hall–Kier alpha value is 1.39. The Morgan fingerprint density at radius 3 is 0.758 bits per heavy atom. The average Bonchev–Trinajstić information content (AvgIpc) is 3.59. The van der Waals surface area contributed by atoms with Crippen molar-refractivity contribution in [3.8, 4) is 0 Å². The van der Waals surface area contributed by atoms with E-state index in [1.807, 2.05) is 0 Å². The Balaban J connectivity index is 0.00000108. The van der Waals surface area contributed by atoms with E-state index in [9.17, 15) is 0 Å². The first-order valence-electron chi connectivity index (χ1n) is 26.3. The second-order valence-corrected chi connectivity index (χ2v) is 29.5. The van der Waals surface area contributed by atoms with Gasteiger partial charge in [-0.1, -0.05) is 150 Å². The monoisotopic (exact) mass is 1090 g/mol. The first kappa shape index (κ1) is 59.5. The van der Waals surface area contributed by atoms with Gasteiger partial charge in [0.15, 0.2) is 11.3 Å². The Morgan fingerprint density at radius 2 is 0.581 bits per heavy atom. The molecular formula is C55H108O4P2Pt+2. The molecule has 0 aliphatic heterocycles. The van der Waals surface area contributed by atoms with Gasteiger partial charge in [0.1, 0.15) is 24.4 Å². The van der Waals surface area contributed by atoms with Crippen molar-refractivity contribution in [1.29, 1.82) is 0 Å². The van der Waals surface area contributed by atoms with E-state index in [4.69, 9.17) is 18.1 Å². The fourth-order valence-electron chi connectivity index (χ4n) is 11.5. The molecule has 5 saturated carbocycles. The summed E-state index contributed by atoms with van der Waals surface area (Å²) in [5, 5.41) is 0. The van der Waals surface area contributed by atoms with Gasteiger partial charge in [-0.05, 0) is 142 Å². The Kier molecular flexibility index (Phi) is 26.4. The van der Waals surface area contributed by atoms with Crippen LogP contribution in [0.5, 0.6) is 0 Å². The molecule has 62 heavy (non-hydrogen) atoms. The van der Waals surface area contributed by atoms with Crippen molar-refractivity contribution in [2.75, 3.05) is 0 Å². The molecule has 14 atom stereocenters. The third-order valence-corrected chi connectivity index (χ3v) is 20.1. The van der Waals surface area contributed by atoms with Crippen molar-refractivity contribution >= 4 is 16.8 Å². The first-order valence-corrected chi connectivity index (χ1v) is 29.1. The van der Waals surface area contributed by atoms with Crippen LogP contribution in [0.1, 0.15) is 221 Å². The first-order chi connectivity index (χ1) is 28.2. The van der Waals surface area contributed by atoms with E-state index in [1.54, 1.807) is 0 Å². The molecule has 0 aromatic heterocycles. The van der Waals surface area contributed by atoms with Gasteiger partial charge < -0.3 is 13.8 Å². The molecule has 0 spiro atoms. The molecule has 0 heterocycles. The summed E-state index contributed by atoms with van der Waals surface area (Å²) in [5.74, 6) is 8.10. The smallest absolute Gasteiger partial charge is 0.338 e. The molecule has 7 heteroatoms. The van der Waals surface area contributed by atoms with Crippen LogP contribution in [0.2, 0.25) is 0 Å². The molecule has 0 aromatic rings. The maximum absolute atomic E-state index is 7.68. The molecule has 4 nitrogen and oxygen atoms in total. The summed E-state index contributed by atoms with van der Waals surface area (Å²) in [7, 11) is -3.17. The predicted molar refractivity (Wildman–Crippen MR) is 273 cm³/mol. The normalized spacial score (nSPS) is 37.0. The fourth-order valence-corrected chi connectivity index (χ4v) is 17.3. The van der Waals surface area contributed by atoms with Crippen LogP contribution < -0.4 is 0 Å². The van der Waals surface area contributed by atoms with Crippen LogP contribution in [0.3, 0.4) is 0 Å². The Labute approximate surface area is 406 Å². The standard InChI is InChI=1S/C45H84O4P2.2C5H11.Pt/c1-28(2)36-20-16-32(9)24-40(36)46-50(47-41-25-33(10)17-21-37(41)29(3)4)44-14-13-15-45(44)51(48-42-26-34(11)18-22-38(42)30(5)6)49-43-27-35(12)19-23-39(43)31(7)8;2*1-5(2,3)4;/h28-45H,13-27H2,1-12H3;2*1H2,2-4H3;/q;2*-1;+2/p+2. The van der Waals surface area contributed by atoms with Crippen LogP contribution in [-0.2, 0) is 39.2 Å². The molecule has 5 fully saturated rings. The van der Waals surface area contributed by atoms with E-state index in [0.29, 0.717) is 83.1 Å². The van der Waals surface area contributed by atoms with E-state index in [1.165, 1.54) is 96.3 Å². The number of rotatable bonds is 14. The maximum Gasteiger partial charge on any atom is 2.00 e. The Morgan fingerprint density at radius 1 is 0.387 bits per heavy atom. The minimum absolute atomic E-state index is 0. The Bertz CT molecular complexity index is 1030. The molecule has 14 unspecified atom stereocenters. The summed E-state index contributed by atoms with van der Waals surface area (Å²) in [6, 6.07) is 0. The third-order valence-electron chi connectivity index (χ3n) is 15.0. The van der Waals surface area contributed by atoms with Gasteiger partial charge >= 0.3 is 21.1 Å². The van der Waals surface area contributed by atoms with Gasteiger partial charge in [0, 0.05) is 0 Å². The minimum Gasteiger partial charge on any atom is -0.338 e. The van der Waals surface area contributed by atoms with Crippen molar-refractivity contribution in [2.24, 2.45) is 81.8 Å².